The van der Waals surface area contributed by atoms with Crippen LogP contribution in [0.15, 0.2) is 60.7 Å². The highest BCUT2D eigenvalue weighted by Crippen LogP contribution is 2.27. The molecule has 1 saturated heterocycles. The first-order valence-corrected chi connectivity index (χ1v) is 16.9. The lowest BCUT2D eigenvalue weighted by Crippen LogP contribution is -2.41. The van der Waals surface area contributed by atoms with Crippen molar-refractivity contribution in [1.82, 2.24) is 15.2 Å². The Morgan fingerprint density at radius 3 is 2.51 bits per heavy atom. The molecule has 1 fully saturated rings. The summed E-state index contributed by atoms with van der Waals surface area (Å²) in [5.41, 5.74) is 3.30. The predicted octanol–water partition coefficient (Wildman–Crippen LogP) is 6.90. The molecule has 1 aromatic heterocycles. The standard InChI is InChI=1S/C36H47N3O3S/c1-3-12-32(41)25-29(26-35-38-33-19-16-27(4-2)24-34(33)43-35)36(42)37-30(23-28-13-7-5-8-14-28)17-18-31(40)15-11-22-39-20-9-6-10-21-39/h5,7-8,11,13-16,19,24,29-30H,3-4,6,9-10,12,17-18,20-23,25-26H2,1-2H3,(H,37,42)/b15-11+/t29-,30+/m0/s1. The first-order valence-electron chi connectivity index (χ1n) is 16.1. The third-order valence-corrected chi connectivity index (χ3v) is 9.27. The molecular formula is C36H47N3O3S. The van der Waals surface area contributed by atoms with E-state index in [0.29, 0.717) is 32.1 Å². The van der Waals surface area contributed by atoms with Crippen molar-refractivity contribution < 1.29 is 14.4 Å². The topological polar surface area (TPSA) is 79.4 Å². The van der Waals surface area contributed by atoms with Gasteiger partial charge in [0, 0.05) is 38.3 Å². The van der Waals surface area contributed by atoms with Crippen molar-refractivity contribution in [2.75, 3.05) is 19.6 Å². The molecule has 230 valence electrons. The number of rotatable bonds is 17. The molecule has 0 spiro atoms. The maximum Gasteiger partial charge on any atom is 0.224 e. The molecule has 1 amide bonds. The van der Waals surface area contributed by atoms with Crippen LogP contribution in [0.25, 0.3) is 10.2 Å². The molecule has 2 atom stereocenters. The van der Waals surface area contributed by atoms with Gasteiger partial charge in [0.2, 0.25) is 5.91 Å². The Labute approximate surface area is 261 Å². The number of nitrogens with one attached hydrogen (secondary N) is 1. The lowest BCUT2D eigenvalue weighted by Gasteiger charge is -2.24. The van der Waals surface area contributed by atoms with E-state index in [2.05, 4.69) is 29.3 Å². The van der Waals surface area contributed by atoms with Crippen LogP contribution in [0.1, 0.15) is 81.3 Å². The highest BCUT2D eigenvalue weighted by Gasteiger charge is 2.26. The normalized spacial score (nSPS) is 15.5. The van der Waals surface area contributed by atoms with Gasteiger partial charge in [-0.05, 0) is 81.0 Å². The van der Waals surface area contributed by atoms with Gasteiger partial charge in [0.05, 0.1) is 21.1 Å². The predicted molar refractivity (Wildman–Crippen MR) is 176 cm³/mol. The number of fused-ring (bicyclic) bond motifs is 1. The Hall–Kier alpha value is -3.16. The van der Waals surface area contributed by atoms with E-state index in [1.807, 2.05) is 49.4 Å². The number of allylic oxidation sites excluding steroid dienone is 1. The van der Waals surface area contributed by atoms with E-state index in [1.54, 1.807) is 17.4 Å². The molecule has 0 aliphatic carbocycles. The largest absolute Gasteiger partial charge is 0.353 e. The molecule has 43 heavy (non-hydrogen) atoms. The van der Waals surface area contributed by atoms with Gasteiger partial charge in [0.15, 0.2) is 5.78 Å². The summed E-state index contributed by atoms with van der Waals surface area (Å²) in [6.45, 7) is 7.13. The summed E-state index contributed by atoms with van der Waals surface area (Å²) in [6, 6.07) is 16.2. The fraction of sp³-hybridized carbons (Fsp3) is 0.500. The fourth-order valence-corrected chi connectivity index (χ4v) is 6.88. The zero-order valence-electron chi connectivity index (χ0n) is 25.9. The van der Waals surface area contributed by atoms with Gasteiger partial charge < -0.3 is 5.32 Å². The average Bonchev–Trinajstić information content (AvgIpc) is 3.42. The van der Waals surface area contributed by atoms with Crippen molar-refractivity contribution in [2.45, 2.75) is 90.5 Å². The number of amides is 1. The first kappa shape index (κ1) is 32.7. The Balaban J connectivity index is 1.43. The number of Topliss-reactive ketones (excluding diaryl/α,β-unsaturated/α-hetero) is 1. The summed E-state index contributed by atoms with van der Waals surface area (Å²) in [6.07, 6.45) is 11.8. The van der Waals surface area contributed by atoms with Gasteiger partial charge in [-0.1, -0.05) is 62.7 Å². The molecule has 1 aliphatic heterocycles. The van der Waals surface area contributed by atoms with Gasteiger partial charge in [-0.2, -0.15) is 0 Å². The summed E-state index contributed by atoms with van der Waals surface area (Å²) >= 11 is 1.61. The number of likely N-dealkylation sites (tertiary alicyclic amines) is 1. The lowest BCUT2D eigenvalue weighted by molar-refractivity contribution is -0.130. The van der Waals surface area contributed by atoms with Crippen LogP contribution in [0.3, 0.4) is 0 Å². The smallest absolute Gasteiger partial charge is 0.224 e. The van der Waals surface area contributed by atoms with Crippen molar-refractivity contribution in [3.63, 3.8) is 0 Å². The van der Waals surface area contributed by atoms with Crippen LogP contribution >= 0.6 is 11.3 Å². The highest BCUT2D eigenvalue weighted by molar-refractivity contribution is 7.18. The van der Waals surface area contributed by atoms with Crippen LogP contribution < -0.4 is 5.32 Å². The van der Waals surface area contributed by atoms with E-state index in [4.69, 9.17) is 4.98 Å². The van der Waals surface area contributed by atoms with Crippen molar-refractivity contribution in [3.8, 4) is 0 Å². The number of nitrogens with zero attached hydrogens (tertiary/aromatic N) is 2. The monoisotopic (exact) mass is 601 g/mol. The third-order valence-electron chi connectivity index (χ3n) is 8.23. The van der Waals surface area contributed by atoms with E-state index in [1.165, 1.54) is 24.8 Å². The SMILES string of the molecule is CCCC(=O)C[C@@H](Cc1nc2ccc(CC)cc2s1)C(=O)N[C@H](CCC(=O)/C=C/CN1CCCCC1)Cc1ccccc1. The number of aromatic nitrogens is 1. The van der Waals surface area contributed by atoms with E-state index >= 15 is 0 Å². The minimum Gasteiger partial charge on any atom is -0.353 e. The second kappa shape index (κ2) is 17.2. The molecule has 7 heteroatoms. The third kappa shape index (κ3) is 10.8. The van der Waals surface area contributed by atoms with E-state index in [0.717, 1.165) is 53.3 Å². The molecule has 1 aliphatic rings. The van der Waals surface area contributed by atoms with Crippen molar-refractivity contribution in [3.05, 3.63) is 76.8 Å². The van der Waals surface area contributed by atoms with Gasteiger partial charge in [0.25, 0.3) is 0 Å². The molecule has 0 radical (unpaired) electrons. The van der Waals surface area contributed by atoms with Crippen LogP contribution in [0, 0.1) is 5.92 Å². The van der Waals surface area contributed by atoms with Gasteiger partial charge >= 0.3 is 0 Å². The van der Waals surface area contributed by atoms with Crippen molar-refractivity contribution >= 4 is 39.0 Å². The van der Waals surface area contributed by atoms with E-state index in [9.17, 15) is 14.4 Å². The van der Waals surface area contributed by atoms with Crippen LogP contribution in [0.4, 0.5) is 0 Å². The molecule has 0 bridgehead atoms. The number of ketones is 2. The molecule has 3 aromatic rings. The number of benzene rings is 2. The van der Waals surface area contributed by atoms with Crippen molar-refractivity contribution in [1.29, 1.82) is 0 Å². The Morgan fingerprint density at radius 1 is 0.977 bits per heavy atom. The van der Waals surface area contributed by atoms with Crippen LogP contribution in [0.5, 0.6) is 0 Å². The molecular weight excluding hydrogens is 554 g/mol. The number of aryl methyl sites for hydroxylation is 1. The Kier molecular flexibility index (Phi) is 13.1. The van der Waals surface area contributed by atoms with Gasteiger partial charge in [-0.15, -0.1) is 11.3 Å². The number of thiazole rings is 1. The average molecular weight is 602 g/mol. The minimum absolute atomic E-state index is 0.0833. The fourth-order valence-electron chi connectivity index (χ4n) is 5.77. The second-order valence-corrected chi connectivity index (χ2v) is 12.9. The Bertz CT molecular complexity index is 1360. The van der Waals surface area contributed by atoms with Crippen LogP contribution in [0.2, 0.25) is 0 Å². The number of hydrogen-bond acceptors (Lipinski definition) is 6. The molecule has 6 nitrogen and oxygen atoms in total. The van der Waals surface area contributed by atoms with E-state index < -0.39 is 5.92 Å². The number of hydrogen-bond donors (Lipinski definition) is 1. The molecule has 1 N–H and O–H groups in total. The number of carbonyl (C=O) groups is 3. The zero-order valence-corrected chi connectivity index (χ0v) is 26.7. The highest BCUT2D eigenvalue weighted by atomic mass is 32.1. The second-order valence-electron chi connectivity index (χ2n) is 11.8. The number of piperidine rings is 1. The van der Waals surface area contributed by atoms with Gasteiger partial charge in [0.1, 0.15) is 5.78 Å². The molecule has 0 saturated carbocycles. The molecule has 4 rings (SSSR count). The summed E-state index contributed by atoms with van der Waals surface area (Å²) in [5, 5.41) is 4.13. The first-order chi connectivity index (χ1) is 20.9. The molecule has 2 aromatic carbocycles. The number of carbonyl (C=O) groups excluding carboxylic acids is 3. The minimum atomic E-state index is -0.497. The maximum absolute atomic E-state index is 13.8. The van der Waals surface area contributed by atoms with Crippen LogP contribution in [-0.2, 0) is 33.6 Å². The summed E-state index contributed by atoms with van der Waals surface area (Å²) < 4.78 is 1.11. The Morgan fingerprint density at radius 2 is 1.77 bits per heavy atom. The lowest BCUT2D eigenvalue weighted by atomic mass is 9.94. The van der Waals surface area contributed by atoms with Crippen LogP contribution in [-0.4, -0.2) is 53.0 Å². The van der Waals surface area contributed by atoms with Gasteiger partial charge in [-0.25, -0.2) is 4.98 Å². The zero-order chi connectivity index (χ0) is 30.4. The summed E-state index contributed by atoms with van der Waals surface area (Å²) in [4.78, 5) is 46.5. The summed E-state index contributed by atoms with van der Waals surface area (Å²) in [7, 11) is 0. The van der Waals surface area contributed by atoms with Crippen molar-refractivity contribution in [2.24, 2.45) is 5.92 Å². The quantitative estimate of drug-likeness (QED) is 0.170. The van der Waals surface area contributed by atoms with E-state index in [-0.39, 0.29) is 29.9 Å². The molecule has 2 heterocycles. The van der Waals surface area contributed by atoms with Gasteiger partial charge in [-0.3, -0.25) is 19.3 Å². The maximum atomic E-state index is 13.8. The molecule has 0 unspecified atom stereocenters. The summed E-state index contributed by atoms with van der Waals surface area (Å²) in [5.74, 6) is -0.443.